The van der Waals surface area contributed by atoms with Crippen molar-refractivity contribution in [3.8, 4) is 0 Å². The summed E-state index contributed by atoms with van der Waals surface area (Å²) in [5.74, 6) is 1.000. The van der Waals surface area contributed by atoms with Gasteiger partial charge in [0.2, 0.25) is 0 Å². The van der Waals surface area contributed by atoms with Crippen molar-refractivity contribution in [2.75, 3.05) is 0 Å². The quantitative estimate of drug-likeness (QED) is 0.293. The van der Waals surface area contributed by atoms with Gasteiger partial charge < -0.3 is 0 Å². The van der Waals surface area contributed by atoms with Crippen LogP contribution in [0, 0.1) is 5.92 Å². The molecule has 1 atom stereocenters. The van der Waals surface area contributed by atoms with Gasteiger partial charge >= 0.3 is 0 Å². The Morgan fingerprint density at radius 3 is 2.06 bits per heavy atom. The highest BCUT2D eigenvalue weighted by Crippen LogP contribution is 2.19. The Morgan fingerprint density at radius 1 is 0.750 bits per heavy atom. The second-order valence-corrected chi connectivity index (χ2v) is 4.96. The molecular weight excluding hydrogens is 192 g/mol. The molecule has 0 aromatic rings. The zero-order chi connectivity index (χ0) is 12.1. The summed E-state index contributed by atoms with van der Waals surface area (Å²) in [6.07, 6.45) is 18.4. The molecule has 0 radical (unpaired) electrons. The molecule has 0 aromatic heterocycles. The largest absolute Gasteiger partial charge is 0.0885 e. The Morgan fingerprint density at radius 2 is 1.44 bits per heavy atom. The van der Waals surface area contributed by atoms with Crippen LogP contribution in [0.5, 0.6) is 0 Å². The van der Waals surface area contributed by atoms with E-state index in [0.29, 0.717) is 0 Å². The molecular formula is C16H32. The summed E-state index contributed by atoms with van der Waals surface area (Å²) in [5, 5.41) is 0. The summed E-state index contributed by atoms with van der Waals surface area (Å²) in [5.41, 5.74) is 0. The lowest BCUT2D eigenvalue weighted by Crippen LogP contribution is -1.98. The fourth-order valence-corrected chi connectivity index (χ4v) is 2.14. The highest BCUT2D eigenvalue weighted by Gasteiger charge is 2.04. The van der Waals surface area contributed by atoms with E-state index in [0.717, 1.165) is 5.92 Å². The first-order valence-electron chi connectivity index (χ1n) is 7.50. The van der Waals surface area contributed by atoms with Crippen LogP contribution in [0.4, 0.5) is 0 Å². The first-order valence-corrected chi connectivity index (χ1v) is 7.50. The van der Waals surface area contributed by atoms with Gasteiger partial charge in [0, 0.05) is 0 Å². The minimum Gasteiger partial charge on any atom is -0.0885 e. The topological polar surface area (TPSA) is 0 Å². The van der Waals surface area contributed by atoms with Crippen LogP contribution in [0.15, 0.2) is 12.2 Å². The van der Waals surface area contributed by atoms with Crippen LogP contribution in [0.2, 0.25) is 0 Å². The molecule has 0 aromatic carbocycles. The molecule has 0 N–H and O–H groups in total. The van der Waals surface area contributed by atoms with E-state index in [2.05, 4.69) is 32.9 Å². The van der Waals surface area contributed by atoms with Crippen LogP contribution < -0.4 is 0 Å². The summed E-state index contributed by atoms with van der Waals surface area (Å²) in [6, 6.07) is 0. The molecule has 0 aliphatic rings. The summed E-state index contributed by atoms with van der Waals surface area (Å²) in [7, 11) is 0. The zero-order valence-corrected chi connectivity index (χ0v) is 11.8. The maximum absolute atomic E-state index is 2.37. The highest BCUT2D eigenvalue weighted by atomic mass is 14.1. The lowest BCUT2D eigenvalue weighted by Gasteiger charge is -2.13. The third-order valence-corrected chi connectivity index (χ3v) is 3.40. The maximum Gasteiger partial charge on any atom is -0.0351 e. The number of hydrogen-bond donors (Lipinski definition) is 0. The molecule has 16 heavy (non-hydrogen) atoms. The fourth-order valence-electron chi connectivity index (χ4n) is 2.14. The molecule has 0 spiro atoms. The first kappa shape index (κ1) is 15.7. The normalized spacial score (nSPS) is 13.4. The van der Waals surface area contributed by atoms with E-state index >= 15 is 0 Å². The van der Waals surface area contributed by atoms with Crippen molar-refractivity contribution in [2.45, 2.75) is 85.0 Å². The second-order valence-electron chi connectivity index (χ2n) is 4.96. The van der Waals surface area contributed by atoms with Crippen molar-refractivity contribution in [1.82, 2.24) is 0 Å². The molecule has 96 valence electrons. The van der Waals surface area contributed by atoms with Crippen LogP contribution in [0.1, 0.15) is 85.0 Å². The molecule has 0 bridgehead atoms. The van der Waals surface area contributed by atoms with Crippen LogP contribution in [0.3, 0.4) is 0 Å². The summed E-state index contributed by atoms with van der Waals surface area (Å²) in [6.45, 7) is 6.89. The molecule has 0 fully saturated rings. The smallest absolute Gasteiger partial charge is 0.0351 e. The second kappa shape index (κ2) is 12.8. The minimum atomic E-state index is 1.000. The third-order valence-electron chi connectivity index (χ3n) is 3.40. The Labute approximate surface area is 104 Å². The van der Waals surface area contributed by atoms with Gasteiger partial charge in [-0.3, -0.25) is 0 Å². The van der Waals surface area contributed by atoms with Gasteiger partial charge in [0.05, 0.1) is 0 Å². The average molecular weight is 224 g/mol. The summed E-state index contributed by atoms with van der Waals surface area (Å²) >= 11 is 0. The van der Waals surface area contributed by atoms with Crippen molar-refractivity contribution in [3.63, 3.8) is 0 Å². The van der Waals surface area contributed by atoms with E-state index in [1.54, 1.807) is 0 Å². The average Bonchev–Trinajstić information content (AvgIpc) is 2.32. The van der Waals surface area contributed by atoms with Gasteiger partial charge in [0.1, 0.15) is 0 Å². The summed E-state index contributed by atoms with van der Waals surface area (Å²) in [4.78, 5) is 0. The molecule has 0 saturated carbocycles. The minimum absolute atomic E-state index is 1.000. The summed E-state index contributed by atoms with van der Waals surface area (Å²) < 4.78 is 0. The van der Waals surface area contributed by atoms with Crippen LogP contribution in [-0.4, -0.2) is 0 Å². The molecule has 0 amide bonds. The number of allylic oxidation sites excluding steroid dienone is 2. The van der Waals surface area contributed by atoms with E-state index in [-0.39, 0.29) is 0 Å². The molecule has 0 nitrogen and oxygen atoms in total. The van der Waals surface area contributed by atoms with Gasteiger partial charge in [-0.25, -0.2) is 0 Å². The van der Waals surface area contributed by atoms with Crippen LogP contribution >= 0.6 is 0 Å². The van der Waals surface area contributed by atoms with Crippen molar-refractivity contribution in [2.24, 2.45) is 5.92 Å². The van der Waals surface area contributed by atoms with Gasteiger partial charge in [-0.1, -0.05) is 77.9 Å². The van der Waals surface area contributed by atoms with Gasteiger partial charge in [0.15, 0.2) is 0 Å². The third kappa shape index (κ3) is 10.3. The Kier molecular flexibility index (Phi) is 12.6. The van der Waals surface area contributed by atoms with Crippen LogP contribution in [-0.2, 0) is 0 Å². The monoisotopic (exact) mass is 224 g/mol. The SMILES string of the molecule is CCCC=CCCCCC(CC)CCCC. The lowest BCUT2D eigenvalue weighted by atomic mass is 9.93. The van der Waals surface area contributed by atoms with Gasteiger partial charge in [-0.2, -0.15) is 0 Å². The van der Waals surface area contributed by atoms with E-state index in [4.69, 9.17) is 0 Å². The molecule has 1 unspecified atom stereocenters. The maximum atomic E-state index is 2.37. The predicted molar refractivity (Wildman–Crippen MR) is 75.8 cm³/mol. The van der Waals surface area contributed by atoms with Crippen molar-refractivity contribution in [3.05, 3.63) is 12.2 Å². The van der Waals surface area contributed by atoms with Crippen LogP contribution in [0.25, 0.3) is 0 Å². The molecule has 0 saturated heterocycles. The number of rotatable bonds is 11. The Balaban J connectivity index is 3.33. The zero-order valence-electron chi connectivity index (χ0n) is 11.8. The number of unbranched alkanes of at least 4 members (excludes halogenated alkanes) is 4. The van der Waals surface area contributed by atoms with Crippen molar-refractivity contribution < 1.29 is 0 Å². The van der Waals surface area contributed by atoms with E-state index in [9.17, 15) is 0 Å². The first-order chi connectivity index (χ1) is 7.85. The van der Waals surface area contributed by atoms with Crippen molar-refractivity contribution >= 4 is 0 Å². The molecule has 0 aliphatic heterocycles. The highest BCUT2D eigenvalue weighted by molar-refractivity contribution is 4.80. The fraction of sp³-hybridized carbons (Fsp3) is 0.875. The standard InChI is InChI=1S/C16H32/c1-4-7-9-10-11-12-13-15-16(6-3)14-8-5-2/h9-10,16H,4-8,11-15H2,1-3H3. The molecule has 0 rings (SSSR count). The molecule has 0 heterocycles. The molecule has 0 heteroatoms. The predicted octanol–water partition coefficient (Wildman–Crippen LogP) is 6.12. The number of hydrogen-bond acceptors (Lipinski definition) is 0. The van der Waals surface area contributed by atoms with Gasteiger partial charge in [-0.15, -0.1) is 0 Å². The van der Waals surface area contributed by atoms with Gasteiger partial charge in [-0.05, 0) is 25.2 Å². The lowest BCUT2D eigenvalue weighted by molar-refractivity contribution is 0.405. The van der Waals surface area contributed by atoms with Crippen molar-refractivity contribution in [1.29, 1.82) is 0 Å². The van der Waals surface area contributed by atoms with E-state index in [1.165, 1.54) is 64.2 Å². The van der Waals surface area contributed by atoms with E-state index < -0.39 is 0 Å². The Bertz CT molecular complexity index is 146. The van der Waals surface area contributed by atoms with E-state index in [1.807, 2.05) is 0 Å². The molecule has 0 aliphatic carbocycles. The van der Waals surface area contributed by atoms with Gasteiger partial charge in [0.25, 0.3) is 0 Å². The Hall–Kier alpha value is -0.260.